The van der Waals surface area contributed by atoms with Gasteiger partial charge < -0.3 is 19.9 Å². The fourth-order valence-electron chi connectivity index (χ4n) is 2.29. The first-order valence-electron chi connectivity index (χ1n) is 6.34. The lowest BCUT2D eigenvalue weighted by Crippen LogP contribution is -2.31. The molecule has 17 heavy (non-hydrogen) atoms. The van der Waals surface area contributed by atoms with Gasteiger partial charge in [0.1, 0.15) is 0 Å². The fourth-order valence-corrected chi connectivity index (χ4v) is 2.29. The molecule has 1 heterocycles. The summed E-state index contributed by atoms with van der Waals surface area (Å²) in [6.07, 6.45) is 1.51. The molecule has 1 saturated heterocycles. The van der Waals surface area contributed by atoms with Gasteiger partial charge in [-0.15, -0.1) is 0 Å². The highest BCUT2D eigenvalue weighted by Crippen LogP contribution is 2.16. The molecule has 0 amide bonds. The first-order valence-corrected chi connectivity index (χ1v) is 6.34. The Hall–Kier alpha value is -0.200. The molecule has 0 aromatic heterocycles. The van der Waals surface area contributed by atoms with Crippen molar-refractivity contribution >= 4 is 0 Å². The van der Waals surface area contributed by atoms with Crippen molar-refractivity contribution in [2.24, 2.45) is 5.73 Å². The van der Waals surface area contributed by atoms with Crippen LogP contribution in [0.5, 0.6) is 0 Å². The number of methoxy groups -OCH3 is 2. The van der Waals surface area contributed by atoms with Crippen LogP contribution in [0, 0.1) is 0 Å². The number of nitrogens with zero attached hydrogens (tertiary/aromatic N) is 1. The van der Waals surface area contributed by atoms with Crippen molar-refractivity contribution < 1.29 is 14.2 Å². The molecule has 1 aliphatic rings. The highest BCUT2D eigenvalue weighted by molar-refractivity contribution is 4.85. The third-order valence-corrected chi connectivity index (χ3v) is 3.33. The zero-order valence-corrected chi connectivity index (χ0v) is 11.2. The van der Waals surface area contributed by atoms with Gasteiger partial charge in [0.15, 0.2) is 0 Å². The van der Waals surface area contributed by atoms with Crippen LogP contribution in [-0.4, -0.2) is 70.2 Å². The summed E-state index contributed by atoms with van der Waals surface area (Å²) in [4.78, 5) is 2.35. The Balaban J connectivity index is 2.28. The van der Waals surface area contributed by atoms with E-state index in [0.717, 1.165) is 32.7 Å². The average Bonchev–Trinajstić information content (AvgIpc) is 2.76. The Kier molecular flexibility index (Phi) is 6.99. The lowest BCUT2D eigenvalue weighted by molar-refractivity contribution is -0.00461. The average molecular weight is 246 g/mol. The molecule has 3 unspecified atom stereocenters. The van der Waals surface area contributed by atoms with Crippen LogP contribution in [0.3, 0.4) is 0 Å². The van der Waals surface area contributed by atoms with Gasteiger partial charge in [0, 0.05) is 47.0 Å². The summed E-state index contributed by atoms with van der Waals surface area (Å²) in [5, 5.41) is 0. The molecule has 0 spiro atoms. The van der Waals surface area contributed by atoms with Gasteiger partial charge in [-0.2, -0.15) is 0 Å². The predicted octanol–water partition coefficient (Wildman–Crippen LogP) is 0.0859. The van der Waals surface area contributed by atoms with E-state index in [0.29, 0.717) is 6.54 Å². The van der Waals surface area contributed by atoms with Crippen LogP contribution < -0.4 is 5.73 Å². The molecule has 0 aromatic rings. The second-order valence-electron chi connectivity index (χ2n) is 4.41. The highest BCUT2D eigenvalue weighted by atomic mass is 16.5. The van der Waals surface area contributed by atoms with E-state index in [1.54, 1.807) is 14.2 Å². The highest BCUT2D eigenvalue weighted by Gasteiger charge is 2.32. The zero-order valence-electron chi connectivity index (χ0n) is 11.2. The van der Waals surface area contributed by atoms with Crippen molar-refractivity contribution in [3.05, 3.63) is 0 Å². The molecular formula is C12H26N2O3. The second kappa shape index (κ2) is 8.00. The maximum absolute atomic E-state index is 5.66. The first-order chi connectivity index (χ1) is 8.24. The molecule has 5 heteroatoms. The molecule has 5 nitrogen and oxygen atoms in total. The Morgan fingerprint density at radius 3 is 2.24 bits per heavy atom. The molecule has 1 rings (SSSR count). The summed E-state index contributed by atoms with van der Waals surface area (Å²) >= 11 is 0. The van der Waals surface area contributed by atoms with Gasteiger partial charge in [0.2, 0.25) is 0 Å². The number of ether oxygens (including phenoxy) is 3. The number of hydrogen-bond acceptors (Lipinski definition) is 5. The van der Waals surface area contributed by atoms with Gasteiger partial charge in [-0.1, -0.05) is 0 Å². The predicted molar refractivity (Wildman–Crippen MR) is 67.1 cm³/mol. The zero-order chi connectivity index (χ0) is 12.7. The summed E-state index contributed by atoms with van der Waals surface area (Å²) in [5.74, 6) is 0. The van der Waals surface area contributed by atoms with E-state index >= 15 is 0 Å². The van der Waals surface area contributed by atoms with Crippen LogP contribution in [0.15, 0.2) is 0 Å². The number of nitrogens with two attached hydrogens (primary N) is 1. The molecular weight excluding hydrogens is 220 g/mol. The SMILES string of the molecule is CCOC(CN)CCN1CC(OC)C(OC)C1. The third-order valence-electron chi connectivity index (χ3n) is 3.33. The normalized spacial score (nSPS) is 27.5. The lowest BCUT2D eigenvalue weighted by Gasteiger charge is -2.20. The van der Waals surface area contributed by atoms with Crippen LogP contribution in [-0.2, 0) is 14.2 Å². The molecule has 0 saturated carbocycles. The topological polar surface area (TPSA) is 57.0 Å². The summed E-state index contributed by atoms with van der Waals surface area (Å²) in [7, 11) is 3.48. The van der Waals surface area contributed by atoms with Gasteiger partial charge in [0.05, 0.1) is 18.3 Å². The largest absolute Gasteiger partial charge is 0.377 e. The summed E-state index contributed by atoms with van der Waals surface area (Å²) in [5.41, 5.74) is 5.66. The summed E-state index contributed by atoms with van der Waals surface area (Å²) in [6.45, 7) is 6.16. The molecule has 2 N–H and O–H groups in total. The molecule has 1 aliphatic heterocycles. The third kappa shape index (κ3) is 4.52. The van der Waals surface area contributed by atoms with E-state index in [2.05, 4.69) is 4.90 Å². The Labute approximate surface area is 104 Å². The molecule has 3 atom stereocenters. The van der Waals surface area contributed by atoms with Crippen LogP contribution >= 0.6 is 0 Å². The number of rotatable bonds is 8. The maximum Gasteiger partial charge on any atom is 0.0971 e. The number of hydrogen-bond donors (Lipinski definition) is 1. The van der Waals surface area contributed by atoms with Crippen molar-refractivity contribution in [1.82, 2.24) is 4.90 Å². The van der Waals surface area contributed by atoms with Gasteiger partial charge in [-0.25, -0.2) is 0 Å². The Morgan fingerprint density at radius 1 is 1.24 bits per heavy atom. The van der Waals surface area contributed by atoms with Crippen molar-refractivity contribution in [2.45, 2.75) is 31.7 Å². The van der Waals surface area contributed by atoms with E-state index in [9.17, 15) is 0 Å². The van der Waals surface area contributed by atoms with Crippen LogP contribution in [0.25, 0.3) is 0 Å². The van der Waals surface area contributed by atoms with Crippen molar-refractivity contribution in [3.63, 3.8) is 0 Å². The van der Waals surface area contributed by atoms with Crippen molar-refractivity contribution in [3.8, 4) is 0 Å². The van der Waals surface area contributed by atoms with Crippen molar-refractivity contribution in [2.75, 3.05) is 47.0 Å². The molecule has 102 valence electrons. The van der Waals surface area contributed by atoms with Gasteiger partial charge in [-0.05, 0) is 13.3 Å². The van der Waals surface area contributed by atoms with Crippen LogP contribution in [0.2, 0.25) is 0 Å². The lowest BCUT2D eigenvalue weighted by atomic mass is 10.2. The smallest absolute Gasteiger partial charge is 0.0971 e. The Bertz CT molecular complexity index is 192. The molecule has 0 radical (unpaired) electrons. The minimum atomic E-state index is 0.169. The quantitative estimate of drug-likeness (QED) is 0.657. The first kappa shape index (κ1) is 14.9. The minimum absolute atomic E-state index is 0.169. The summed E-state index contributed by atoms with van der Waals surface area (Å²) in [6, 6.07) is 0. The van der Waals surface area contributed by atoms with Gasteiger partial charge >= 0.3 is 0 Å². The standard InChI is InChI=1S/C12H26N2O3/c1-4-17-10(7-13)5-6-14-8-11(15-2)12(9-14)16-3/h10-12H,4-9,13H2,1-3H3. The Morgan fingerprint density at radius 2 is 1.82 bits per heavy atom. The number of likely N-dealkylation sites (tertiary alicyclic amines) is 1. The van der Waals surface area contributed by atoms with Gasteiger partial charge in [0.25, 0.3) is 0 Å². The molecule has 0 aromatic carbocycles. The summed E-state index contributed by atoms with van der Waals surface area (Å²) < 4.78 is 16.3. The van der Waals surface area contributed by atoms with Crippen LogP contribution in [0.1, 0.15) is 13.3 Å². The second-order valence-corrected chi connectivity index (χ2v) is 4.41. The van der Waals surface area contributed by atoms with E-state index in [-0.39, 0.29) is 18.3 Å². The maximum atomic E-state index is 5.66. The minimum Gasteiger partial charge on any atom is -0.377 e. The monoisotopic (exact) mass is 246 g/mol. The van der Waals surface area contributed by atoms with E-state index in [1.165, 1.54) is 0 Å². The van der Waals surface area contributed by atoms with Crippen LogP contribution in [0.4, 0.5) is 0 Å². The molecule has 0 bridgehead atoms. The molecule has 0 aliphatic carbocycles. The van der Waals surface area contributed by atoms with E-state index < -0.39 is 0 Å². The van der Waals surface area contributed by atoms with E-state index in [4.69, 9.17) is 19.9 Å². The molecule has 1 fully saturated rings. The van der Waals surface area contributed by atoms with Gasteiger partial charge in [-0.3, -0.25) is 4.90 Å². The fraction of sp³-hybridized carbons (Fsp3) is 1.00. The van der Waals surface area contributed by atoms with Crippen molar-refractivity contribution in [1.29, 1.82) is 0 Å². The van der Waals surface area contributed by atoms with E-state index in [1.807, 2.05) is 6.92 Å².